The number of hydrogen-bond donors (Lipinski definition) is 1. The first-order valence-electron chi connectivity index (χ1n) is 5.21. The van der Waals surface area contributed by atoms with Crippen LogP contribution >= 0.6 is 11.6 Å². The van der Waals surface area contributed by atoms with Crippen LogP contribution in [0.1, 0.15) is 12.3 Å². The third-order valence-electron chi connectivity index (χ3n) is 2.89. The third kappa shape index (κ3) is 1.71. The first-order chi connectivity index (χ1) is 8.08. The predicted octanol–water partition coefficient (Wildman–Crippen LogP) is 2.19. The Morgan fingerprint density at radius 2 is 2.29 bits per heavy atom. The molecular weight excluding hydrogens is 247 g/mol. The van der Waals surface area contributed by atoms with E-state index in [1.165, 1.54) is 12.1 Å². The molecule has 17 heavy (non-hydrogen) atoms. The Balaban J connectivity index is 2.16. The zero-order chi connectivity index (χ0) is 12.0. The zero-order valence-electron chi connectivity index (χ0n) is 8.87. The second kappa shape index (κ2) is 3.66. The standard InChI is InChI=1S/C11H10ClFN2O2/c12-7-3-6(13)4-8-9(7)17-10(15-8)11(14)1-2-16-5-11/h3-4H,1-2,5,14H2. The van der Waals surface area contributed by atoms with Gasteiger partial charge in [-0.05, 0) is 12.5 Å². The summed E-state index contributed by atoms with van der Waals surface area (Å²) < 4.78 is 23.9. The Morgan fingerprint density at radius 3 is 3.00 bits per heavy atom. The number of aromatic nitrogens is 1. The number of nitrogens with zero attached hydrogens (tertiary/aromatic N) is 1. The number of fused-ring (bicyclic) bond motifs is 1. The van der Waals surface area contributed by atoms with Crippen LogP contribution in [0.25, 0.3) is 11.1 Å². The summed E-state index contributed by atoms with van der Waals surface area (Å²) in [5.41, 5.74) is 6.11. The van der Waals surface area contributed by atoms with Gasteiger partial charge in [0.2, 0.25) is 5.89 Å². The topological polar surface area (TPSA) is 61.3 Å². The molecule has 1 saturated heterocycles. The number of nitrogens with two attached hydrogens (primary N) is 1. The molecule has 0 aliphatic carbocycles. The number of benzene rings is 1. The number of rotatable bonds is 1. The maximum absolute atomic E-state index is 13.2. The van der Waals surface area contributed by atoms with Gasteiger partial charge in [-0.1, -0.05) is 11.6 Å². The highest BCUT2D eigenvalue weighted by molar-refractivity contribution is 6.34. The van der Waals surface area contributed by atoms with Crippen molar-refractivity contribution in [2.24, 2.45) is 5.73 Å². The minimum atomic E-state index is -0.737. The molecule has 2 N–H and O–H groups in total. The summed E-state index contributed by atoms with van der Waals surface area (Å²) in [6, 6.07) is 2.46. The lowest BCUT2D eigenvalue weighted by Gasteiger charge is -2.16. The lowest BCUT2D eigenvalue weighted by Crippen LogP contribution is -2.37. The number of hydrogen-bond acceptors (Lipinski definition) is 4. The Hall–Kier alpha value is -1.17. The first-order valence-corrected chi connectivity index (χ1v) is 5.59. The molecule has 1 aromatic carbocycles. The second-order valence-corrected chi connectivity index (χ2v) is 4.62. The van der Waals surface area contributed by atoms with Gasteiger partial charge in [0.15, 0.2) is 5.58 Å². The Kier molecular flexibility index (Phi) is 2.36. The molecule has 0 saturated carbocycles. The molecule has 1 aromatic heterocycles. The van der Waals surface area contributed by atoms with Gasteiger partial charge < -0.3 is 14.9 Å². The molecule has 0 bridgehead atoms. The van der Waals surface area contributed by atoms with Crippen molar-refractivity contribution < 1.29 is 13.5 Å². The summed E-state index contributed by atoms with van der Waals surface area (Å²) in [5, 5.41) is 0.196. The summed E-state index contributed by atoms with van der Waals surface area (Å²) in [5.74, 6) is -0.103. The van der Waals surface area contributed by atoms with E-state index < -0.39 is 11.4 Å². The van der Waals surface area contributed by atoms with Gasteiger partial charge in [0.05, 0.1) is 11.6 Å². The fourth-order valence-corrected chi connectivity index (χ4v) is 2.16. The summed E-state index contributed by atoms with van der Waals surface area (Å²) in [7, 11) is 0. The van der Waals surface area contributed by atoms with Gasteiger partial charge in [-0.25, -0.2) is 9.37 Å². The monoisotopic (exact) mass is 256 g/mol. The van der Waals surface area contributed by atoms with Gasteiger partial charge >= 0.3 is 0 Å². The summed E-state index contributed by atoms with van der Waals surface area (Å²) in [4.78, 5) is 4.19. The predicted molar refractivity (Wildman–Crippen MR) is 60.3 cm³/mol. The molecule has 0 radical (unpaired) electrons. The molecule has 0 amide bonds. The molecule has 2 heterocycles. The van der Waals surface area contributed by atoms with Crippen LogP contribution in [0, 0.1) is 5.82 Å². The van der Waals surface area contributed by atoms with E-state index in [4.69, 9.17) is 26.5 Å². The molecule has 1 aliphatic heterocycles. The van der Waals surface area contributed by atoms with Crippen molar-refractivity contribution in [2.45, 2.75) is 12.0 Å². The van der Waals surface area contributed by atoms with Crippen molar-refractivity contribution >= 4 is 22.7 Å². The molecule has 4 nitrogen and oxygen atoms in total. The maximum atomic E-state index is 13.2. The van der Waals surface area contributed by atoms with Crippen molar-refractivity contribution in [3.05, 3.63) is 28.9 Å². The minimum Gasteiger partial charge on any atom is -0.437 e. The van der Waals surface area contributed by atoms with Gasteiger partial charge in [0.1, 0.15) is 16.9 Å². The highest BCUT2D eigenvalue weighted by atomic mass is 35.5. The fourth-order valence-electron chi connectivity index (χ4n) is 1.92. The molecule has 1 atom stereocenters. The van der Waals surface area contributed by atoms with E-state index in [2.05, 4.69) is 4.98 Å². The van der Waals surface area contributed by atoms with Gasteiger partial charge in [-0.15, -0.1) is 0 Å². The molecule has 90 valence electrons. The quantitative estimate of drug-likeness (QED) is 0.850. The largest absolute Gasteiger partial charge is 0.437 e. The van der Waals surface area contributed by atoms with Crippen LogP contribution in [0.4, 0.5) is 4.39 Å². The van der Waals surface area contributed by atoms with Gasteiger partial charge in [0.25, 0.3) is 0 Å². The van der Waals surface area contributed by atoms with Crippen molar-refractivity contribution in [1.82, 2.24) is 4.98 Å². The van der Waals surface area contributed by atoms with Crippen molar-refractivity contribution in [3.63, 3.8) is 0 Å². The molecule has 2 aromatic rings. The third-order valence-corrected chi connectivity index (χ3v) is 3.17. The molecule has 6 heteroatoms. The van der Waals surface area contributed by atoms with Crippen LogP contribution in [0.15, 0.2) is 16.5 Å². The highest BCUT2D eigenvalue weighted by Gasteiger charge is 2.37. The fraction of sp³-hybridized carbons (Fsp3) is 0.364. The SMILES string of the molecule is NC1(c2nc3cc(F)cc(Cl)c3o2)CCOC1. The normalized spacial score (nSPS) is 24.6. The Labute approximate surface area is 102 Å². The molecule has 1 aliphatic rings. The van der Waals surface area contributed by atoms with E-state index in [1.807, 2.05) is 0 Å². The van der Waals surface area contributed by atoms with Gasteiger partial charge in [-0.2, -0.15) is 0 Å². The minimum absolute atomic E-state index is 0.196. The highest BCUT2D eigenvalue weighted by Crippen LogP contribution is 2.32. The Bertz CT molecular complexity index is 578. The lowest BCUT2D eigenvalue weighted by molar-refractivity contribution is 0.170. The van der Waals surface area contributed by atoms with Gasteiger partial charge in [-0.3, -0.25) is 0 Å². The van der Waals surface area contributed by atoms with E-state index in [9.17, 15) is 4.39 Å². The Morgan fingerprint density at radius 1 is 1.47 bits per heavy atom. The van der Waals surface area contributed by atoms with Crippen LogP contribution in [0.5, 0.6) is 0 Å². The average molecular weight is 257 g/mol. The number of halogens is 2. The van der Waals surface area contributed by atoms with E-state index in [-0.39, 0.29) is 5.02 Å². The maximum Gasteiger partial charge on any atom is 0.218 e. The van der Waals surface area contributed by atoms with Crippen LogP contribution < -0.4 is 5.73 Å². The van der Waals surface area contributed by atoms with Crippen LogP contribution in [0.2, 0.25) is 5.02 Å². The van der Waals surface area contributed by atoms with E-state index in [1.54, 1.807) is 0 Å². The first kappa shape index (κ1) is 11.0. The summed E-state index contributed by atoms with van der Waals surface area (Å²) in [6.07, 6.45) is 0.625. The molecule has 1 unspecified atom stereocenters. The average Bonchev–Trinajstić information content (AvgIpc) is 2.84. The molecular formula is C11H10ClFN2O2. The van der Waals surface area contributed by atoms with E-state index in [0.29, 0.717) is 36.6 Å². The van der Waals surface area contributed by atoms with Crippen LogP contribution in [0.3, 0.4) is 0 Å². The molecule has 3 rings (SSSR count). The molecule has 1 fully saturated rings. The van der Waals surface area contributed by atoms with Crippen molar-refractivity contribution in [1.29, 1.82) is 0 Å². The second-order valence-electron chi connectivity index (χ2n) is 4.21. The smallest absolute Gasteiger partial charge is 0.218 e. The zero-order valence-corrected chi connectivity index (χ0v) is 9.63. The van der Waals surface area contributed by atoms with E-state index in [0.717, 1.165) is 0 Å². The lowest BCUT2D eigenvalue weighted by atomic mass is 10.0. The molecule has 0 spiro atoms. The van der Waals surface area contributed by atoms with Crippen molar-refractivity contribution in [3.8, 4) is 0 Å². The summed E-state index contributed by atoms with van der Waals surface area (Å²) >= 11 is 5.88. The number of ether oxygens (including phenoxy) is 1. The van der Waals surface area contributed by atoms with Crippen molar-refractivity contribution in [2.75, 3.05) is 13.2 Å². The van der Waals surface area contributed by atoms with E-state index >= 15 is 0 Å². The van der Waals surface area contributed by atoms with Crippen LogP contribution in [-0.4, -0.2) is 18.2 Å². The summed E-state index contributed by atoms with van der Waals surface area (Å²) in [6.45, 7) is 0.914. The van der Waals surface area contributed by atoms with Gasteiger partial charge in [0, 0.05) is 12.7 Å². The van der Waals surface area contributed by atoms with Crippen LogP contribution in [-0.2, 0) is 10.3 Å². The number of oxazole rings is 1.